The van der Waals surface area contributed by atoms with E-state index in [1.54, 1.807) is 23.8 Å². The number of carbonyl (C=O) groups excluding carboxylic acids is 1. The van der Waals surface area contributed by atoms with Crippen molar-refractivity contribution in [2.45, 2.75) is 6.42 Å². The first-order valence-electron chi connectivity index (χ1n) is 4.86. The summed E-state index contributed by atoms with van der Waals surface area (Å²) < 4.78 is 5.69. The van der Waals surface area contributed by atoms with Gasteiger partial charge in [-0.3, -0.25) is 9.69 Å². The number of benzene rings is 1. The number of amides is 1. The molecule has 1 fully saturated rings. The molecule has 0 aliphatic carbocycles. The highest BCUT2D eigenvalue weighted by Crippen LogP contribution is 2.27. The summed E-state index contributed by atoms with van der Waals surface area (Å²) in [4.78, 5) is 13.3. The number of thioether (sulfide) groups is 1. The first-order valence-corrected chi connectivity index (χ1v) is 6.25. The highest BCUT2D eigenvalue weighted by Gasteiger charge is 2.24. The molecule has 0 aromatic heterocycles. The van der Waals surface area contributed by atoms with E-state index in [0.29, 0.717) is 10.7 Å². The fourth-order valence-electron chi connectivity index (χ4n) is 1.48. The van der Waals surface area contributed by atoms with Gasteiger partial charge in [0.2, 0.25) is 5.91 Å². The van der Waals surface area contributed by atoms with E-state index in [9.17, 15) is 4.79 Å². The molecule has 0 spiro atoms. The van der Waals surface area contributed by atoms with E-state index in [1.165, 1.54) is 0 Å². The molecule has 0 N–H and O–H groups in total. The van der Waals surface area contributed by atoms with Crippen LogP contribution in [-0.2, 0) is 4.79 Å². The van der Waals surface area contributed by atoms with Crippen LogP contribution in [0.5, 0.6) is 5.75 Å². The minimum atomic E-state index is 0.0638. The van der Waals surface area contributed by atoms with Crippen molar-refractivity contribution in [3.05, 3.63) is 24.3 Å². The topological polar surface area (TPSA) is 29.5 Å². The van der Waals surface area contributed by atoms with E-state index < -0.39 is 0 Å². The number of nitrogens with zero attached hydrogens (tertiary/aromatic N) is 1. The monoisotopic (exact) mass is 253 g/mol. The molecule has 5 heteroatoms. The Morgan fingerprint density at radius 2 is 2.06 bits per heavy atom. The number of methoxy groups -OCH3 is 1. The fourth-order valence-corrected chi connectivity index (χ4v) is 2.73. The van der Waals surface area contributed by atoms with Gasteiger partial charge in [0.05, 0.1) is 12.8 Å². The predicted molar refractivity (Wildman–Crippen MR) is 70.2 cm³/mol. The second-order valence-corrected chi connectivity index (χ2v) is 5.02. The van der Waals surface area contributed by atoms with Crippen LogP contribution in [0.15, 0.2) is 24.3 Å². The van der Waals surface area contributed by atoms with Gasteiger partial charge >= 0.3 is 0 Å². The van der Waals surface area contributed by atoms with Crippen molar-refractivity contribution >= 4 is 39.9 Å². The molecule has 0 radical (unpaired) electrons. The number of thiocarbonyl (C=S) groups is 1. The minimum absolute atomic E-state index is 0.0638. The van der Waals surface area contributed by atoms with Crippen LogP contribution in [0.2, 0.25) is 0 Å². The second-order valence-electron chi connectivity index (χ2n) is 3.29. The van der Waals surface area contributed by atoms with Gasteiger partial charge in [0.25, 0.3) is 0 Å². The molecular formula is C11H11NO2S2. The van der Waals surface area contributed by atoms with Gasteiger partial charge in [0.1, 0.15) is 10.1 Å². The normalized spacial score (nSPS) is 16.4. The lowest BCUT2D eigenvalue weighted by Crippen LogP contribution is -2.37. The molecule has 1 heterocycles. The van der Waals surface area contributed by atoms with Crippen LogP contribution in [0.25, 0.3) is 0 Å². The summed E-state index contributed by atoms with van der Waals surface area (Å²) in [5.41, 5.74) is 0.808. The molecule has 0 saturated carbocycles. The molecule has 1 aromatic carbocycles. The average molecular weight is 253 g/mol. The number of rotatable bonds is 2. The maximum absolute atomic E-state index is 11.8. The standard InChI is InChI=1S/C11H11NO2S2/c1-14-9-4-2-8(3-5-9)12-10(13)6-7-16-11(12)15/h2-5H,6-7H2,1H3. The summed E-state index contributed by atoms with van der Waals surface area (Å²) in [5.74, 6) is 1.62. The Hall–Kier alpha value is -1.07. The summed E-state index contributed by atoms with van der Waals surface area (Å²) >= 11 is 6.72. The van der Waals surface area contributed by atoms with Crippen molar-refractivity contribution in [3.63, 3.8) is 0 Å². The molecule has 1 saturated heterocycles. The lowest BCUT2D eigenvalue weighted by molar-refractivity contribution is -0.117. The zero-order chi connectivity index (χ0) is 11.5. The van der Waals surface area contributed by atoms with Gasteiger partial charge in [0.15, 0.2) is 0 Å². The molecule has 1 amide bonds. The van der Waals surface area contributed by atoms with E-state index >= 15 is 0 Å². The third-order valence-corrected chi connectivity index (χ3v) is 3.68. The molecule has 0 atom stereocenters. The molecule has 0 unspecified atom stereocenters. The summed E-state index contributed by atoms with van der Waals surface area (Å²) in [6.07, 6.45) is 0.539. The number of carbonyl (C=O) groups is 1. The smallest absolute Gasteiger partial charge is 0.233 e. The van der Waals surface area contributed by atoms with E-state index in [1.807, 2.05) is 24.3 Å². The quantitative estimate of drug-likeness (QED) is 0.757. The van der Waals surface area contributed by atoms with Crippen molar-refractivity contribution in [2.75, 3.05) is 17.8 Å². The van der Waals surface area contributed by atoms with Crippen molar-refractivity contribution in [2.24, 2.45) is 0 Å². The first kappa shape index (κ1) is 11.4. The lowest BCUT2D eigenvalue weighted by atomic mass is 10.2. The SMILES string of the molecule is COc1ccc(N2C(=O)CCSC2=S)cc1. The molecule has 3 nitrogen and oxygen atoms in total. The van der Waals surface area contributed by atoms with E-state index in [4.69, 9.17) is 17.0 Å². The average Bonchev–Trinajstić information content (AvgIpc) is 2.30. The Balaban J connectivity index is 2.27. The van der Waals surface area contributed by atoms with Crippen LogP contribution in [0.1, 0.15) is 6.42 Å². The first-order chi connectivity index (χ1) is 7.72. The largest absolute Gasteiger partial charge is 0.497 e. The Morgan fingerprint density at radius 1 is 1.38 bits per heavy atom. The van der Waals surface area contributed by atoms with Gasteiger partial charge in [-0.05, 0) is 24.3 Å². The van der Waals surface area contributed by atoms with Crippen LogP contribution in [0.4, 0.5) is 5.69 Å². The van der Waals surface area contributed by atoms with Crippen LogP contribution in [0.3, 0.4) is 0 Å². The zero-order valence-corrected chi connectivity index (χ0v) is 10.4. The van der Waals surface area contributed by atoms with Crippen molar-refractivity contribution < 1.29 is 9.53 Å². The van der Waals surface area contributed by atoms with Gasteiger partial charge in [0, 0.05) is 12.2 Å². The maximum Gasteiger partial charge on any atom is 0.233 e. The molecule has 0 bridgehead atoms. The van der Waals surface area contributed by atoms with E-state index in [2.05, 4.69) is 0 Å². The van der Waals surface area contributed by atoms with Crippen molar-refractivity contribution in [1.29, 1.82) is 0 Å². The van der Waals surface area contributed by atoms with Crippen LogP contribution < -0.4 is 9.64 Å². The third kappa shape index (κ3) is 2.20. The van der Waals surface area contributed by atoms with E-state index in [0.717, 1.165) is 17.2 Å². The van der Waals surface area contributed by atoms with Gasteiger partial charge in [-0.2, -0.15) is 0 Å². The van der Waals surface area contributed by atoms with Gasteiger partial charge in [-0.15, -0.1) is 0 Å². The van der Waals surface area contributed by atoms with Gasteiger partial charge in [-0.1, -0.05) is 24.0 Å². The minimum Gasteiger partial charge on any atom is -0.497 e. The van der Waals surface area contributed by atoms with Crippen molar-refractivity contribution in [1.82, 2.24) is 0 Å². The predicted octanol–water partition coefficient (Wildman–Crippen LogP) is 2.45. The molecule has 84 valence electrons. The number of ether oxygens (including phenoxy) is 1. The third-order valence-electron chi connectivity index (χ3n) is 2.30. The molecule has 2 rings (SSSR count). The molecular weight excluding hydrogens is 242 g/mol. The Labute approximate surface area is 104 Å². The number of anilines is 1. The highest BCUT2D eigenvalue weighted by atomic mass is 32.2. The Kier molecular flexibility index (Phi) is 3.46. The molecule has 1 aliphatic heterocycles. The summed E-state index contributed by atoms with van der Waals surface area (Å²) in [6.45, 7) is 0. The van der Waals surface area contributed by atoms with Crippen LogP contribution in [-0.4, -0.2) is 23.1 Å². The number of hydrogen-bond acceptors (Lipinski definition) is 4. The molecule has 16 heavy (non-hydrogen) atoms. The summed E-state index contributed by atoms with van der Waals surface area (Å²) in [5, 5.41) is 0. The lowest BCUT2D eigenvalue weighted by Gasteiger charge is -2.26. The zero-order valence-electron chi connectivity index (χ0n) is 8.80. The number of hydrogen-bond donors (Lipinski definition) is 0. The van der Waals surface area contributed by atoms with Gasteiger partial charge < -0.3 is 4.74 Å². The molecule has 1 aromatic rings. The Bertz CT molecular complexity index is 400. The summed E-state index contributed by atoms with van der Waals surface area (Å²) in [6, 6.07) is 7.33. The second kappa shape index (κ2) is 4.84. The highest BCUT2D eigenvalue weighted by molar-refractivity contribution is 8.23. The summed E-state index contributed by atoms with van der Waals surface area (Å²) in [7, 11) is 1.61. The Morgan fingerprint density at radius 3 is 2.62 bits per heavy atom. The molecule has 1 aliphatic rings. The van der Waals surface area contributed by atoms with E-state index in [-0.39, 0.29) is 5.91 Å². The van der Waals surface area contributed by atoms with Crippen molar-refractivity contribution in [3.8, 4) is 5.75 Å². The van der Waals surface area contributed by atoms with Gasteiger partial charge in [-0.25, -0.2) is 0 Å². The van der Waals surface area contributed by atoms with Crippen LogP contribution in [0, 0.1) is 0 Å². The van der Waals surface area contributed by atoms with Crippen LogP contribution >= 0.6 is 24.0 Å². The fraction of sp³-hybridized carbons (Fsp3) is 0.273. The maximum atomic E-state index is 11.8.